The Morgan fingerprint density at radius 2 is 1.47 bits per heavy atom. The third-order valence-electron chi connectivity index (χ3n) is 13.7. The Hall–Kier alpha value is -6.00. The average Bonchev–Trinajstić information content (AvgIpc) is 3.26. The molecule has 15 nitrogen and oxygen atoms in total. The van der Waals surface area contributed by atoms with Gasteiger partial charge in [-0.2, -0.15) is 0 Å². The lowest BCUT2D eigenvalue weighted by atomic mass is 9.44. The molecule has 0 spiro atoms. The third kappa shape index (κ3) is 7.95. The first-order valence-electron chi connectivity index (χ1n) is 21.1. The molecule has 4 aliphatic rings. The van der Waals surface area contributed by atoms with Crippen molar-refractivity contribution < 1.29 is 67.8 Å². The summed E-state index contributed by atoms with van der Waals surface area (Å²) in [7, 11) is 0. The Labute approximate surface area is 370 Å². The fourth-order valence-electron chi connectivity index (χ4n) is 10.3. The predicted octanol–water partition coefficient (Wildman–Crippen LogP) is 4.14. The molecule has 1 heterocycles. The van der Waals surface area contributed by atoms with Gasteiger partial charge in [0.05, 0.1) is 35.6 Å². The molecule has 1 amide bonds. The highest BCUT2D eigenvalue weighted by molar-refractivity contribution is 5.96. The summed E-state index contributed by atoms with van der Waals surface area (Å²) >= 11 is 0. The standard InChI is InChI=1S/C49H53NO14/c1-27-33(62-45(58)39(55)38(31-18-12-8-13-19-31)50-36(54)23-22-30-16-10-7-11-17-30)25-49(59)43(63-44(57)32-20-14-9-15-21-32)41-47(6,34(53)24-35-48(41,26-60-35)64-29(3)52)42(56)40(61-28(2)51)37(27)46(49,4)5/h7-23,33-35,38-41,43,53,55,59H,24-26H2,1-6H3,(H,50,54)/b23-22-/t33-,34-,35+,38+,39+,40+,41-,43-,47+,48-,49+/m0/s1. The highest BCUT2D eigenvalue weighted by Crippen LogP contribution is 2.64. The molecule has 1 saturated heterocycles. The van der Waals surface area contributed by atoms with Gasteiger partial charge in [0.25, 0.3) is 0 Å². The number of aliphatic hydroxyl groups excluding tert-OH is 2. The fraction of sp³-hybridized carbons (Fsp3) is 0.429. The number of rotatable bonds is 11. The lowest BCUT2D eigenvalue weighted by Crippen LogP contribution is -2.82. The number of carbonyl (C=O) groups is 6. The first-order valence-corrected chi connectivity index (χ1v) is 21.1. The van der Waals surface area contributed by atoms with E-state index in [1.54, 1.807) is 92.7 Å². The van der Waals surface area contributed by atoms with E-state index in [9.17, 15) is 39.3 Å². The van der Waals surface area contributed by atoms with Crippen LogP contribution in [0.5, 0.6) is 0 Å². The van der Waals surface area contributed by atoms with Crippen LogP contribution in [0.2, 0.25) is 0 Å². The van der Waals surface area contributed by atoms with Gasteiger partial charge < -0.3 is 44.3 Å². The number of ether oxygens (including phenoxy) is 5. The zero-order valence-corrected chi connectivity index (χ0v) is 36.4. The van der Waals surface area contributed by atoms with Crippen molar-refractivity contribution in [3.05, 3.63) is 125 Å². The van der Waals surface area contributed by atoms with Crippen LogP contribution in [0.3, 0.4) is 0 Å². The molecule has 0 radical (unpaired) electrons. The number of benzene rings is 3. The first-order chi connectivity index (χ1) is 30.3. The van der Waals surface area contributed by atoms with E-state index >= 15 is 4.79 Å². The van der Waals surface area contributed by atoms with E-state index in [2.05, 4.69) is 5.32 Å². The van der Waals surface area contributed by atoms with E-state index in [1.807, 2.05) is 6.07 Å². The van der Waals surface area contributed by atoms with Crippen molar-refractivity contribution in [2.45, 2.75) is 108 Å². The molecule has 3 fully saturated rings. The largest absolute Gasteiger partial charge is 0.456 e. The van der Waals surface area contributed by atoms with E-state index in [1.165, 1.54) is 32.1 Å². The Balaban J connectivity index is 1.36. The van der Waals surface area contributed by atoms with Crippen molar-refractivity contribution in [1.29, 1.82) is 0 Å². The quantitative estimate of drug-likeness (QED) is 0.0921. The molecular weight excluding hydrogens is 827 g/mol. The SMILES string of the molecule is CC(=O)O[C@H]1C(=O)[C@@]2(C)[C@H]([C@H](OC(=O)c3ccccc3)[C@]3(O)C[C@H](OC(=O)[C@H](O)[C@H](NC(=O)/C=C\c4ccccc4)c4ccccc4)C(C)=C1C3(C)C)[C@]1(OC(C)=O)CO[C@@H]1C[C@@H]2O. The fourth-order valence-corrected chi connectivity index (χ4v) is 10.3. The smallest absolute Gasteiger partial charge is 0.338 e. The Bertz CT molecular complexity index is 2370. The van der Waals surface area contributed by atoms with Crippen molar-refractivity contribution in [1.82, 2.24) is 5.32 Å². The molecule has 64 heavy (non-hydrogen) atoms. The minimum atomic E-state index is -2.40. The normalized spacial score (nSPS) is 31.4. The molecule has 3 aromatic rings. The number of amides is 1. The second-order valence-corrected chi connectivity index (χ2v) is 17.8. The summed E-state index contributed by atoms with van der Waals surface area (Å²) in [5, 5.41) is 40.2. The molecule has 0 unspecified atom stereocenters. The molecule has 1 aliphatic heterocycles. The number of esters is 4. The van der Waals surface area contributed by atoms with Crippen LogP contribution >= 0.6 is 0 Å². The summed E-state index contributed by atoms with van der Waals surface area (Å²) in [5.41, 5.74) is -6.58. The number of aliphatic hydroxyl groups is 3. The van der Waals surface area contributed by atoms with Crippen LogP contribution in [0.15, 0.2) is 108 Å². The second kappa shape index (κ2) is 17.5. The highest BCUT2D eigenvalue weighted by atomic mass is 16.6. The minimum Gasteiger partial charge on any atom is -0.456 e. The van der Waals surface area contributed by atoms with Crippen LogP contribution in [0, 0.1) is 16.7 Å². The monoisotopic (exact) mass is 879 g/mol. The number of nitrogens with one attached hydrogen (secondary N) is 1. The summed E-state index contributed by atoms with van der Waals surface area (Å²) in [6.07, 6.45) is -7.73. The Morgan fingerprint density at radius 1 is 0.859 bits per heavy atom. The van der Waals surface area contributed by atoms with Gasteiger partial charge in [0, 0.05) is 38.2 Å². The van der Waals surface area contributed by atoms with Gasteiger partial charge in [0.1, 0.15) is 23.9 Å². The zero-order valence-electron chi connectivity index (χ0n) is 36.4. The van der Waals surface area contributed by atoms with Crippen LogP contribution in [-0.4, -0.2) is 105 Å². The molecule has 0 aromatic heterocycles. The molecule has 3 aliphatic carbocycles. The lowest BCUT2D eigenvalue weighted by molar-refractivity contribution is -0.346. The highest BCUT2D eigenvalue weighted by Gasteiger charge is 2.78. The Kier molecular flexibility index (Phi) is 12.6. The van der Waals surface area contributed by atoms with Crippen LogP contribution in [0.1, 0.15) is 81.9 Å². The summed E-state index contributed by atoms with van der Waals surface area (Å²) in [5.74, 6) is -6.90. The second-order valence-electron chi connectivity index (χ2n) is 17.8. The molecule has 2 bridgehead atoms. The van der Waals surface area contributed by atoms with E-state index in [-0.39, 0.29) is 29.7 Å². The van der Waals surface area contributed by atoms with Gasteiger partial charge in [-0.25, -0.2) is 9.59 Å². The molecule has 3 aromatic carbocycles. The first kappa shape index (κ1) is 46.0. The van der Waals surface area contributed by atoms with Gasteiger partial charge >= 0.3 is 23.9 Å². The predicted molar refractivity (Wildman–Crippen MR) is 227 cm³/mol. The molecule has 2 saturated carbocycles. The van der Waals surface area contributed by atoms with Crippen LogP contribution in [-0.2, 0) is 47.7 Å². The van der Waals surface area contributed by atoms with E-state index in [0.717, 1.165) is 19.4 Å². The van der Waals surface area contributed by atoms with Crippen molar-refractivity contribution >= 4 is 41.6 Å². The summed E-state index contributed by atoms with van der Waals surface area (Å²) in [6, 6.07) is 23.7. The maximum absolute atomic E-state index is 15.5. The molecule has 15 heteroatoms. The number of fused-ring (bicyclic) bond motifs is 5. The van der Waals surface area contributed by atoms with E-state index in [0.29, 0.717) is 5.56 Å². The average molecular weight is 880 g/mol. The topological polar surface area (TPSA) is 221 Å². The zero-order chi connectivity index (χ0) is 46.4. The van der Waals surface area contributed by atoms with Crippen LogP contribution in [0.4, 0.5) is 0 Å². The number of hydrogen-bond donors (Lipinski definition) is 4. The van der Waals surface area contributed by atoms with E-state index in [4.69, 9.17) is 23.7 Å². The van der Waals surface area contributed by atoms with Gasteiger partial charge in [0.2, 0.25) is 5.91 Å². The number of ketones is 1. The van der Waals surface area contributed by atoms with Crippen molar-refractivity contribution in [2.75, 3.05) is 6.61 Å². The van der Waals surface area contributed by atoms with Crippen molar-refractivity contribution in [2.24, 2.45) is 16.7 Å². The van der Waals surface area contributed by atoms with Gasteiger partial charge in [-0.05, 0) is 54.3 Å². The summed E-state index contributed by atoms with van der Waals surface area (Å²) < 4.78 is 30.3. The number of carbonyl (C=O) groups excluding carboxylic acids is 6. The van der Waals surface area contributed by atoms with Gasteiger partial charge in [-0.1, -0.05) is 92.7 Å². The molecular formula is C49H53NO14. The van der Waals surface area contributed by atoms with Crippen LogP contribution in [0.25, 0.3) is 6.08 Å². The molecule has 7 rings (SSSR count). The van der Waals surface area contributed by atoms with Crippen molar-refractivity contribution in [3.63, 3.8) is 0 Å². The van der Waals surface area contributed by atoms with Crippen LogP contribution < -0.4 is 5.32 Å². The van der Waals surface area contributed by atoms with Gasteiger partial charge in [0.15, 0.2) is 23.6 Å². The van der Waals surface area contributed by atoms with E-state index < -0.39 is 113 Å². The maximum Gasteiger partial charge on any atom is 0.338 e. The van der Waals surface area contributed by atoms with Crippen molar-refractivity contribution in [3.8, 4) is 0 Å². The number of Topliss-reactive ketones (excluding diaryl/α,β-unsaturated/α-hetero) is 1. The maximum atomic E-state index is 15.5. The third-order valence-corrected chi connectivity index (χ3v) is 13.7. The van der Waals surface area contributed by atoms with Gasteiger partial charge in [-0.15, -0.1) is 0 Å². The summed E-state index contributed by atoms with van der Waals surface area (Å²) in [4.78, 5) is 83.4. The summed E-state index contributed by atoms with van der Waals surface area (Å²) in [6.45, 7) is 7.97. The van der Waals surface area contributed by atoms with Gasteiger partial charge in [-0.3, -0.25) is 19.2 Å². The molecule has 338 valence electrons. The molecule has 4 N–H and O–H groups in total. The molecule has 11 atom stereocenters. The minimum absolute atomic E-state index is 0.00569. The number of hydrogen-bond acceptors (Lipinski definition) is 14. The Morgan fingerprint density at radius 3 is 2.05 bits per heavy atom. The lowest BCUT2D eigenvalue weighted by Gasteiger charge is -2.67.